The molecular weight excluding hydrogens is 331 g/mol. The summed E-state index contributed by atoms with van der Waals surface area (Å²) in [5.41, 5.74) is 0.818. The Hall–Kier alpha value is -2.15. The standard InChI is InChI=1S/C18H18N2O4.Na/c21-16(13-7-3-1-4-8-13)19-12-11-15(18(23)24)20-17(22)14-9-5-2-6-10-14;/h1-10,15H,11-12H2,(H,19,21)(H,20,22)(H,23,24);/q;+1/p-1/t15-;/m0./s1. The first-order valence-electron chi connectivity index (χ1n) is 7.43. The molecule has 2 N–H and O–H groups in total. The molecule has 2 rings (SSSR count). The van der Waals surface area contributed by atoms with Gasteiger partial charge in [-0.1, -0.05) is 48.5 Å². The summed E-state index contributed by atoms with van der Waals surface area (Å²) in [6.45, 7) is 0.0137. The van der Waals surface area contributed by atoms with Crippen LogP contribution in [0.3, 0.4) is 0 Å². The van der Waals surface area contributed by atoms with E-state index in [0.717, 1.165) is 0 Å². The van der Waals surface area contributed by atoms with Gasteiger partial charge in [0.05, 0.1) is 0 Å². The van der Waals surface area contributed by atoms with Gasteiger partial charge in [-0.2, -0.15) is 0 Å². The van der Waals surface area contributed by atoms with Gasteiger partial charge in [-0.25, -0.2) is 4.79 Å². The summed E-state index contributed by atoms with van der Waals surface area (Å²) in [5, 5.41) is 23.5. The van der Waals surface area contributed by atoms with Gasteiger partial charge in [0.1, 0.15) is 6.04 Å². The molecule has 0 fully saturated rings. The van der Waals surface area contributed by atoms with Crippen molar-refractivity contribution in [1.29, 1.82) is 0 Å². The second-order valence-corrected chi connectivity index (χ2v) is 5.07. The van der Waals surface area contributed by atoms with E-state index in [1.807, 2.05) is 0 Å². The van der Waals surface area contributed by atoms with Gasteiger partial charge in [-0.3, -0.25) is 4.79 Å². The first kappa shape index (κ1) is 20.9. The maximum atomic E-state index is 12.0. The van der Waals surface area contributed by atoms with Crippen LogP contribution in [0.2, 0.25) is 0 Å². The fraction of sp³-hybridized carbons (Fsp3) is 0.167. The summed E-state index contributed by atoms with van der Waals surface area (Å²) >= 11 is 0. The third-order valence-electron chi connectivity index (χ3n) is 3.33. The molecular formula is C18H17N2NaO4. The molecule has 0 saturated carbocycles. The molecule has 0 aliphatic carbocycles. The van der Waals surface area contributed by atoms with Gasteiger partial charge in [0, 0.05) is 12.1 Å². The van der Waals surface area contributed by atoms with Crippen LogP contribution in [0.1, 0.15) is 22.3 Å². The number of aliphatic carboxylic acids is 1. The van der Waals surface area contributed by atoms with Gasteiger partial charge in [-0.15, -0.1) is 0 Å². The van der Waals surface area contributed by atoms with Crippen LogP contribution in [-0.4, -0.2) is 35.5 Å². The number of hydrogen-bond donors (Lipinski definition) is 2. The van der Waals surface area contributed by atoms with E-state index in [4.69, 9.17) is 0 Å². The van der Waals surface area contributed by atoms with Crippen LogP contribution in [0.25, 0.3) is 0 Å². The molecule has 25 heavy (non-hydrogen) atoms. The second kappa shape index (κ2) is 10.7. The SMILES string of the molecule is O=C(N[C@@H](CCN=C([O-])c1ccccc1)C(=O)O)c1ccccc1.[Na+]. The predicted octanol–water partition coefficient (Wildman–Crippen LogP) is -1.93. The third-order valence-corrected chi connectivity index (χ3v) is 3.33. The smallest absolute Gasteiger partial charge is 0.858 e. The zero-order valence-corrected chi connectivity index (χ0v) is 15.9. The molecule has 0 heterocycles. The molecule has 2 aromatic carbocycles. The number of carbonyl (C=O) groups excluding carboxylic acids is 1. The Balaban J connectivity index is 0.00000312. The minimum atomic E-state index is -1.17. The molecule has 2 aromatic rings. The average molecular weight is 348 g/mol. The van der Waals surface area contributed by atoms with Crippen LogP contribution in [0.15, 0.2) is 65.7 Å². The topological polar surface area (TPSA) is 102 Å². The molecule has 0 aliphatic heterocycles. The third kappa shape index (κ3) is 6.70. The molecule has 0 saturated heterocycles. The normalized spacial score (nSPS) is 11.9. The second-order valence-electron chi connectivity index (χ2n) is 5.07. The number of nitrogens with zero attached hydrogens (tertiary/aromatic N) is 1. The first-order valence-corrected chi connectivity index (χ1v) is 7.43. The van der Waals surface area contributed by atoms with E-state index in [-0.39, 0.29) is 42.5 Å². The van der Waals surface area contributed by atoms with Gasteiger partial charge in [0.15, 0.2) is 0 Å². The van der Waals surface area contributed by atoms with Crippen molar-refractivity contribution >= 4 is 17.8 Å². The number of amides is 1. The Labute approximate surface area is 167 Å². The zero-order valence-electron chi connectivity index (χ0n) is 13.9. The van der Waals surface area contributed by atoms with E-state index in [1.54, 1.807) is 60.7 Å². The van der Waals surface area contributed by atoms with E-state index in [1.165, 1.54) is 0 Å². The molecule has 7 heteroatoms. The summed E-state index contributed by atoms with van der Waals surface area (Å²) in [6.07, 6.45) is 0.0342. The zero-order chi connectivity index (χ0) is 17.4. The summed E-state index contributed by atoms with van der Waals surface area (Å²) in [7, 11) is 0. The largest absolute Gasteiger partial charge is 1.00 e. The molecule has 0 aromatic heterocycles. The molecule has 0 aliphatic rings. The summed E-state index contributed by atoms with van der Waals surface area (Å²) < 4.78 is 0. The molecule has 6 nitrogen and oxygen atoms in total. The summed E-state index contributed by atoms with van der Waals surface area (Å²) in [6, 6.07) is 15.7. The number of nitrogens with one attached hydrogen (secondary N) is 1. The Morgan fingerprint density at radius 2 is 1.52 bits per heavy atom. The van der Waals surface area contributed by atoms with Crippen molar-refractivity contribution in [2.75, 3.05) is 6.54 Å². The van der Waals surface area contributed by atoms with Crippen molar-refractivity contribution in [3.63, 3.8) is 0 Å². The van der Waals surface area contributed by atoms with E-state index >= 15 is 0 Å². The van der Waals surface area contributed by atoms with Crippen molar-refractivity contribution in [1.82, 2.24) is 5.32 Å². The monoisotopic (exact) mass is 348 g/mol. The molecule has 1 atom stereocenters. The Kier molecular flexibility index (Phi) is 8.91. The fourth-order valence-electron chi connectivity index (χ4n) is 2.06. The Morgan fingerprint density at radius 3 is 2.04 bits per heavy atom. The van der Waals surface area contributed by atoms with Gasteiger partial charge < -0.3 is 20.5 Å². The average Bonchev–Trinajstić information content (AvgIpc) is 2.62. The van der Waals surface area contributed by atoms with Crippen molar-refractivity contribution in [2.45, 2.75) is 12.5 Å². The van der Waals surface area contributed by atoms with Gasteiger partial charge in [0.2, 0.25) is 0 Å². The van der Waals surface area contributed by atoms with Gasteiger partial charge in [0.25, 0.3) is 5.91 Å². The van der Waals surface area contributed by atoms with Crippen LogP contribution in [0.4, 0.5) is 0 Å². The van der Waals surface area contributed by atoms with Crippen LogP contribution < -0.4 is 40.0 Å². The van der Waals surface area contributed by atoms with Crippen molar-refractivity contribution < 1.29 is 49.4 Å². The van der Waals surface area contributed by atoms with Crippen LogP contribution >= 0.6 is 0 Å². The van der Waals surface area contributed by atoms with E-state index in [0.29, 0.717) is 11.1 Å². The Morgan fingerprint density at radius 1 is 1.00 bits per heavy atom. The maximum Gasteiger partial charge on any atom is 1.00 e. The molecule has 0 bridgehead atoms. The quantitative estimate of drug-likeness (QED) is 0.346. The summed E-state index contributed by atoms with van der Waals surface area (Å²) in [4.78, 5) is 27.1. The molecule has 124 valence electrons. The van der Waals surface area contributed by atoms with E-state index < -0.39 is 23.8 Å². The number of carboxylic acids is 1. The van der Waals surface area contributed by atoms with E-state index in [2.05, 4.69) is 10.3 Å². The number of benzene rings is 2. The van der Waals surface area contributed by atoms with Crippen molar-refractivity contribution in [2.24, 2.45) is 4.99 Å². The molecule has 0 spiro atoms. The minimum absolute atomic E-state index is 0. The molecule has 0 unspecified atom stereocenters. The first-order chi connectivity index (χ1) is 11.6. The Bertz CT molecular complexity index is 720. The van der Waals surface area contributed by atoms with Crippen molar-refractivity contribution in [3.05, 3.63) is 71.8 Å². The number of carboxylic acid groups (broad SMARTS) is 1. The summed E-state index contributed by atoms with van der Waals surface area (Å²) in [5.74, 6) is -2.05. The van der Waals surface area contributed by atoms with Crippen molar-refractivity contribution in [3.8, 4) is 0 Å². The number of hydrogen-bond acceptors (Lipinski definition) is 4. The predicted molar refractivity (Wildman–Crippen MR) is 87.8 cm³/mol. The van der Waals surface area contributed by atoms with Gasteiger partial charge in [-0.05, 0) is 30.0 Å². The van der Waals surface area contributed by atoms with Gasteiger partial charge >= 0.3 is 35.5 Å². The number of rotatable bonds is 7. The van der Waals surface area contributed by atoms with Crippen LogP contribution in [-0.2, 0) is 4.79 Å². The van der Waals surface area contributed by atoms with Crippen LogP contribution in [0, 0.1) is 0 Å². The number of aliphatic imine (C=N–C) groups is 1. The molecule has 1 amide bonds. The van der Waals surface area contributed by atoms with Crippen LogP contribution in [0.5, 0.6) is 0 Å². The minimum Gasteiger partial charge on any atom is -0.858 e. The van der Waals surface area contributed by atoms with E-state index in [9.17, 15) is 19.8 Å². The fourth-order valence-corrected chi connectivity index (χ4v) is 2.06. The maximum absolute atomic E-state index is 12.0. The number of carbonyl (C=O) groups is 2. The molecule has 0 radical (unpaired) electrons.